The zero-order chi connectivity index (χ0) is 40.6. The van der Waals surface area contributed by atoms with Crippen LogP contribution in [0, 0.1) is 23.5 Å². The second-order valence-electron chi connectivity index (χ2n) is 16.4. The van der Waals surface area contributed by atoms with Crippen LogP contribution in [0.2, 0.25) is 0 Å². The minimum absolute atomic E-state index is 0. The van der Waals surface area contributed by atoms with Gasteiger partial charge in [-0.25, -0.2) is 0 Å². The van der Waals surface area contributed by atoms with Crippen LogP contribution < -0.4 is 0 Å². The molecule has 5 nitrogen and oxygen atoms in total. The maximum atomic E-state index is 9.51. The number of rotatable bonds is 6. The molecule has 0 fully saturated rings. The molecule has 295 valence electrons. The second-order valence-corrected chi connectivity index (χ2v) is 16.4. The number of furan rings is 1. The summed E-state index contributed by atoms with van der Waals surface area (Å²) in [4.78, 5) is 9.46. The van der Waals surface area contributed by atoms with Gasteiger partial charge < -0.3 is 14.0 Å². The molecule has 9 aromatic rings. The summed E-state index contributed by atoms with van der Waals surface area (Å²) in [5, 5.41) is 11.5. The van der Waals surface area contributed by atoms with E-state index in [0.29, 0.717) is 11.1 Å². The van der Waals surface area contributed by atoms with Crippen LogP contribution >= 0.6 is 0 Å². The zero-order valence-electron chi connectivity index (χ0n) is 34.5. The van der Waals surface area contributed by atoms with E-state index in [2.05, 4.69) is 131 Å². The number of aromatic nitrogens is 3. The van der Waals surface area contributed by atoms with Gasteiger partial charge in [0, 0.05) is 37.4 Å². The summed E-state index contributed by atoms with van der Waals surface area (Å²) >= 11 is 0. The summed E-state index contributed by atoms with van der Waals surface area (Å²) in [6.07, 6.45) is 1.79. The van der Waals surface area contributed by atoms with E-state index in [1.807, 2.05) is 78.9 Å². The van der Waals surface area contributed by atoms with Crippen molar-refractivity contribution in [1.82, 2.24) is 14.5 Å². The Hall–Kier alpha value is -6.12. The molecule has 0 aliphatic heterocycles. The molecule has 0 unspecified atom stereocenters. The monoisotopic (exact) mass is 947 g/mol. The fourth-order valence-electron chi connectivity index (χ4n) is 7.62. The summed E-state index contributed by atoms with van der Waals surface area (Å²) in [7, 11) is 0. The summed E-state index contributed by atoms with van der Waals surface area (Å²) in [6.45, 7) is 15.8. The first kappa shape index (κ1) is 41.1. The first-order valence-corrected chi connectivity index (χ1v) is 19.9. The maximum Gasteiger partial charge on any atom is 0.122 e. The van der Waals surface area contributed by atoms with Gasteiger partial charge in [-0.2, -0.15) is 5.26 Å². The summed E-state index contributed by atoms with van der Waals surface area (Å²) in [5.74, 6) is 1.30. The Bertz CT molecular complexity index is 2860. The second kappa shape index (κ2) is 17.0. The average Bonchev–Trinajstić information content (AvgIpc) is 3.82. The molecule has 6 heteroatoms. The molecule has 0 aliphatic carbocycles. The largest absolute Gasteiger partial charge is 0.500 e. The minimum Gasteiger partial charge on any atom is -0.500 e. The molecule has 0 N–H and O–H groups in total. The number of benzene rings is 6. The van der Waals surface area contributed by atoms with E-state index in [1.54, 1.807) is 6.20 Å². The maximum absolute atomic E-state index is 9.51. The number of hydrogen-bond acceptors (Lipinski definition) is 4. The van der Waals surface area contributed by atoms with E-state index in [-0.39, 0.29) is 37.4 Å². The molecule has 0 saturated carbocycles. The SMILES string of the molecule is CC(C)c1cc(-c2ccc(C(C)(C)C)cc2)cc(C(C)C)c1-n1c(-c2[c-]ccc3c2oc2cc(C#N)ccc23)nc2ccccc21.[Ir].[c-]1ccccc1-c1ccccn1. The average molecular weight is 947 g/mol. The third-order valence-corrected chi connectivity index (χ3v) is 10.7. The Morgan fingerprint density at radius 2 is 1.42 bits per heavy atom. The third-order valence-electron chi connectivity index (χ3n) is 10.7. The molecule has 0 spiro atoms. The zero-order valence-corrected chi connectivity index (χ0v) is 36.9. The Morgan fingerprint density at radius 1 is 0.712 bits per heavy atom. The number of nitriles is 1. The van der Waals surface area contributed by atoms with Gasteiger partial charge in [0.1, 0.15) is 5.58 Å². The molecular weight excluding hydrogens is 901 g/mol. The third kappa shape index (κ3) is 8.15. The van der Waals surface area contributed by atoms with Crippen molar-refractivity contribution in [1.29, 1.82) is 5.26 Å². The van der Waals surface area contributed by atoms with Crippen LogP contribution in [0.3, 0.4) is 0 Å². The number of nitrogens with zero attached hydrogens (tertiary/aromatic N) is 4. The van der Waals surface area contributed by atoms with E-state index in [1.165, 1.54) is 27.8 Å². The van der Waals surface area contributed by atoms with Gasteiger partial charge >= 0.3 is 0 Å². The molecule has 59 heavy (non-hydrogen) atoms. The molecule has 6 aromatic carbocycles. The summed E-state index contributed by atoms with van der Waals surface area (Å²) < 4.78 is 8.82. The van der Waals surface area contributed by atoms with E-state index in [4.69, 9.17) is 9.40 Å². The first-order valence-electron chi connectivity index (χ1n) is 19.9. The smallest absolute Gasteiger partial charge is 0.122 e. The predicted octanol–water partition coefficient (Wildman–Crippen LogP) is 14.0. The molecule has 0 aliphatic rings. The van der Waals surface area contributed by atoms with Crippen molar-refractivity contribution >= 4 is 33.0 Å². The van der Waals surface area contributed by atoms with Gasteiger partial charge in [-0.15, -0.1) is 54.1 Å². The molecule has 1 radical (unpaired) electrons. The number of hydrogen-bond donors (Lipinski definition) is 0. The van der Waals surface area contributed by atoms with Crippen LogP contribution in [0.4, 0.5) is 0 Å². The molecule has 0 amide bonds. The Kier molecular flexibility index (Phi) is 11.8. The Labute approximate surface area is 360 Å². The molecule has 9 rings (SSSR count). The van der Waals surface area contributed by atoms with Crippen LogP contribution in [0.1, 0.15) is 82.6 Å². The molecule has 3 aromatic heterocycles. The molecule has 3 heterocycles. The van der Waals surface area contributed by atoms with Gasteiger partial charge in [-0.1, -0.05) is 114 Å². The van der Waals surface area contributed by atoms with E-state index in [0.717, 1.165) is 55.7 Å². The van der Waals surface area contributed by atoms with Gasteiger partial charge in [0.05, 0.1) is 34.1 Å². The quantitative estimate of drug-likeness (QED) is 0.156. The molecule has 0 atom stereocenters. The topological polar surface area (TPSA) is 67.6 Å². The van der Waals surface area contributed by atoms with E-state index >= 15 is 0 Å². The van der Waals surface area contributed by atoms with E-state index < -0.39 is 0 Å². The van der Waals surface area contributed by atoms with E-state index in [9.17, 15) is 5.26 Å². The number of fused-ring (bicyclic) bond motifs is 4. The van der Waals surface area contributed by atoms with Crippen LogP contribution in [-0.2, 0) is 25.5 Å². The predicted molar refractivity (Wildman–Crippen MR) is 238 cm³/mol. The van der Waals surface area contributed by atoms with Gasteiger partial charge in [-0.05, 0) is 93.2 Å². The number of imidazole rings is 1. The van der Waals surface area contributed by atoms with Crippen LogP contribution in [-0.4, -0.2) is 14.5 Å². The fraction of sp³-hybridized carbons (Fsp3) is 0.189. The van der Waals surface area contributed by atoms with Crippen LogP contribution in [0.25, 0.3) is 72.4 Å². The molecule has 0 saturated heterocycles. The van der Waals surface area contributed by atoms with Crippen molar-refractivity contribution in [2.75, 3.05) is 0 Å². The summed E-state index contributed by atoms with van der Waals surface area (Å²) in [6, 6.07) is 54.3. The van der Waals surface area contributed by atoms with Crippen molar-refractivity contribution in [3.05, 3.63) is 174 Å². The Morgan fingerprint density at radius 3 is 2.07 bits per heavy atom. The fourth-order valence-corrected chi connectivity index (χ4v) is 7.62. The van der Waals surface area contributed by atoms with Gasteiger partial charge in [0.15, 0.2) is 0 Å². The van der Waals surface area contributed by atoms with Gasteiger partial charge in [0.2, 0.25) is 0 Å². The van der Waals surface area contributed by atoms with Gasteiger partial charge in [-0.3, -0.25) is 4.98 Å². The first-order chi connectivity index (χ1) is 28.0. The molecule has 0 bridgehead atoms. The number of para-hydroxylation sites is 2. The summed E-state index contributed by atoms with van der Waals surface area (Å²) in [5.41, 5.74) is 14.3. The van der Waals surface area contributed by atoms with Gasteiger partial charge in [0.25, 0.3) is 0 Å². The van der Waals surface area contributed by atoms with Crippen molar-refractivity contribution in [3.63, 3.8) is 0 Å². The van der Waals surface area contributed by atoms with Crippen LogP contribution in [0.5, 0.6) is 0 Å². The van der Waals surface area contributed by atoms with Crippen molar-refractivity contribution in [2.24, 2.45) is 0 Å². The van der Waals surface area contributed by atoms with Crippen molar-refractivity contribution in [3.8, 4) is 45.5 Å². The standard InChI is InChI=1S/C42H38N3O.C11H8N.Ir/c1-25(2)34-22-29(28-16-18-30(19-17-28)42(5,6)7)23-35(26(3)4)39(34)45-37-14-9-8-13-36(37)44-41(45)33-12-10-11-32-31-20-15-27(24-43)21-38(31)46-40(32)33;1-2-6-10(7-3-1)11-8-4-5-9-12-11;/h8-11,13-23,25-26H,1-7H3;1-6,8-9H;/q2*-1;. The molecular formula is C53H46IrN4O-2. The van der Waals surface area contributed by atoms with Crippen LogP contribution in [0.15, 0.2) is 144 Å². The van der Waals surface area contributed by atoms with Crippen molar-refractivity contribution < 1.29 is 24.5 Å². The number of pyridine rings is 1. The van der Waals surface area contributed by atoms with Crippen molar-refractivity contribution in [2.45, 2.75) is 65.7 Å². The Balaban J connectivity index is 0.000000347. The minimum atomic E-state index is 0. The normalized spacial score (nSPS) is 11.5.